The Labute approximate surface area is 130 Å². The van der Waals surface area contributed by atoms with Gasteiger partial charge < -0.3 is 5.32 Å². The molecule has 1 N–H and O–H groups in total. The van der Waals surface area contributed by atoms with Crippen molar-refractivity contribution in [1.82, 2.24) is 5.32 Å². The Bertz CT molecular complexity index is 531. The van der Waals surface area contributed by atoms with E-state index in [-0.39, 0.29) is 11.4 Å². The van der Waals surface area contributed by atoms with E-state index in [1.54, 1.807) is 6.07 Å². The van der Waals surface area contributed by atoms with E-state index in [4.69, 9.17) is 0 Å². The van der Waals surface area contributed by atoms with Crippen LogP contribution >= 0.6 is 11.8 Å². The highest BCUT2D eigenvalue weighted by Crippen LogP contribution is 2.38. The van der Waals surface area contributed by atoms with Gasteiger partial charge in [0.2, 0.25) is 0 Å². The van der Waals surface area contributed by atoms with Crippen LogP contribution < -0.4 is 5.32 Å². The van der Waals surface area contributed by atoms with Crippen molar-refractivity contribution in [2.24, 2.45) is 10.9 Å². The number of halogens is 1. The maximum Gasteiger partial charge on any atom is 0.157 e. The van der Waals surface area contributed by atoms with Crippen molar-refractivity contribution in [2.75, 3.05) is 12.3 Å². The minimum atomic E-state index is -0.123. The van der Waals surface area contributed by atoms with Crippen LogP contribution in [0.2, 0.25) is 0 Å². The summed E-state index contributed by atoms with van der Waals surface area (Å²) < 4.78 is 13.5. The third-order valence-electron chi connectivity index (χ3n) is 4.54. The zero-order valence-corrected chi connectivity index (χ0v) is 13.4. The maximum atomic E-state index is 13.5. The fourth-order valence-electron chi connectivity index (χ4n) is 3.47. The van der Waals surface area contributed by atoms with Gasteiger partial charge in [-0.1, -0.05) is 49.7 Å². The van der Waals surface area contributed by atoms with Crippen molar-refractivity contribution in [1.29, 1.82) is 0 Å². The molecule has 1 aliphatic carbocycles. The Morgan fingerprint density at radius 2 is 2.29 bits per heavy atom. The van der Waals surface area contributed by atoms with Gasteiger partial charge in [-0.25, -0.2) is 4.39 Å². The number of rotatable bonds is 3. The molecule has 2 nitrogen and oxygen atoms in total. The smallest absolute Gasteiger partial charge is 0.157 e. The number of nitrogens with one attached hydrogen (secondary N) is 1. The normalized spacial score (nSPS) is 30.8. The first kappa shape index (κ1) is 14.9. The second-order valence-corrected chi connectivity index (χ2v) is 7.39. The number of aliphatic imine (C=N–C) groups is 1. The van der Waals surface area contributed by atoms with Crippen molar-refractivity contribution in [3.05, 3.63) is 35.6 Å². The molecule has 1 aromatic rings. The summed E-state index contributed by atoms with van der Waals surface area (Å²) in [4.78, 5) is 4.64. The molecule has 1 saturated carbocycles. The lowest BCUT2D eigenvalue weighted by Crippen LogP contribution is -2.47. The van der Waals surface area contributed by atoms with E-state index in [0.29, 0.717) is 13.0 Å². The quantitative estimate of drug-likeness (QED) is 0.912. The van der Waals surface area contributed by atoms with Gasteiger partial charge in [0.1, 0.15) is 5.82 Å². The Morgan fingerprint density at radius 1 is 1.43 bits per heavy atom. The standard InChI is InChI=1S/C17H23FN2S/c1-13-5-4-9-17(11-13)12-21-16(20-17)19-10-8-14-6-2-3-7-15(14)18/h2-3,6-7,13H,4-5,8-12H2,1H3,(H,19,20). The van der Waals surface area contributed by atoms with Crippen molar-refractivity contribution in [3.63, 3.8) is 0 Å². The maximum absolute atomic E-state index is 13.5. The van der Waals surface area contributed by atoms with Crippen LogP contribution in [-0.4, -0.2) is 23.0 Å². The Hall–Kier alpha value is -1.03. The average Bonchev–Trinajstić information content (AvgIpc) is 2.83. The SMILES string of the molecule is CC1CCCC2(CSC(=NCCc3ccccc3F)N2)C1. The van der Waals surface area contributed by atoms with Crippen LogP contribution in [0.1, 0.15) is 38.2 Å². The molecule has 2 atom stereocenters. The predicted molar refractivity (Wildman–Crippen MR) is 88.4 cm³/mol. The summed E-state index contributed by atoms with van der Waals surface area (Å²) in [6, 6.07) is 6.97. The van der Waals surface area contributed by atoms with Crippen LogP contribution in [-0.2, 0) is 6.42 Å². The summed E-state index contributed by atoms with van der Waals surface area (Å²) >= 11 is 1.83. The molecule has 1 spiro atoms. The zero-order valence-electron chi connectivity index (χ0n) is 12.6. The number of benzene rings is 1. The molecule has 1 aliphatic heterocycles. The molecule has 2 aliphatic rings. The first-order valence-corrected chi connectivity index (χ1v) is 8.84. The molecule has 114 valence electrons. The Balaban J connectivity index is 1.55. The second kappa shape index (κ2) is 6.39. The van der Waals surface area contributed by atoms with Gasteiger partial charge in [0.25, 0.3) is 0 Å². The summed E-state index contributed by atoms with van der Waals surface area (Å²) in [7, 11) is 0. The van der Waals surface area contributed by atoms with Gasteiger partial charge in [0, 0.05) is 17.8 Å². The third kappa shape index (κ3) is 3.60. The topological polar surface area (TPSA) is 24.4 Å². The molecular formula is C17H23FN2S. The fourth-order valence-corrected chi connectivity index (χ4v) is 4.69. The molecule has 4 heteroatoms. The van der Waals surface area contributed by atoms with Gasteiger partial charge in [-0.2, -0.15) is 0 Å². The molecule has 2 unspecified atom stereocenters. The van der Waals surface area contributed by atoms with Gasteiger partial charge in [-0.3, -0.25) is 4.99 Å². The first-order valence-electron chi connectivity index (χ1n) is 7.86. The molecule has 0 radical (unpaired) electrons. The molecule has 2 fully saturated rings. The zero-order chi connectivity index (χ0) is 14.7. The van der Waals surface area contributed by atoms with Crippen LogP contribution in [0, 0.1) is 11.7 Å². The van der Waals surface area contributed by atoms with E-state index in [1.807, 2.05) is 23.9 Å². The largest absolute Gasteiger partial charge is 0.359 e. The number of hydrogen-bond acceptors (Lipinski definition) is 2. The van der Waals surface area contributed by atoms with Crippen LogP contribution in [0.25, 0.3) is 0 Å². The van der Waals surface area contributed by atoms with Crippen molar-refractivity contribution >= 4 is 16.9 Å². The van der Waals surface area contributed by atoms with E-state index >= 15 is 0 Å². The van der Waals surface area contributed by atoms with Crippen molar-refractivity contribution in [2.45, 2.75) is 44.6 Å². The summed E-state index contributed by atoms with van der Waals surface area (Å²) in [6.07, 6.45) is 5.86. The van der Waals surface area contributed by atoms with Gasteiger partial charge >= 0.3 is 0 Å². The van der Waals surface area contributed by atoms with Gasteiger partial charge in [-0.15, -0.1) is 0 Å². The molecule has 1 heterocycles. The van der Waals surface area contributed by atoms with E-state index < -0.39 is 0 Å². The molecule has 0 bridgehead atoms. The highest BCUT2D eigenvalue weighted by atomic mass is 32.2. The monoisotopic (exact) mass is 306 g/mol. The summed E-state index contributed by atoms with van der Waals surface area (Å²) in [6.45, 7) is 3.00. The lowest BCUT2D eigenvalue weighted by atomic mass is 9.78. The Morgan fingerprint density at radius 3 is 3.10 bits per heavy atom. The number of hydrogen-bond donors (Lipinski definition) is 1. The molecule has 0 amide bonds. The van der Waals surface area contributed by atoms with E-state index in [9.17, 15) is 4.39 Å². The van der Waals surface area contributed by atoms with Gasteiger partial charge in [-0.05, 0) is 36.8 Å². The Kier molecular flexibility index (Phi) is 4.53. The third-order valence-corrected chi connectivity index (χ3v) is 5.74. The van der Waals surface area contributed by atoms with E-state index in [1.165, 1.54) is 31.7 Å². The predicted octanol–water partition coefficient (Wildman–Crippen LogP) is 4.01. The van der Waals surface area contributed by atoms with Crippen LogP contribution in [0.5, 0.6) is 0 Å². The minimum absolute atomic E-state index is 0.123. The van der Waals surface area contributed by atoms with E-state index in [0.717, 1.165) is 22.4 Å². The fraction of sp³-hybridized carbons (Fsp3) is 0.588. The van der Waals surface area contributed by atoms with Gasteiger partial charge in [0.05, 0.1) is 0 Å². The lowest BCUT2D eigenvalue weighted by molar-refractivity contribution is 0.242. The van der Waals surface area contributed by atoms with Gasteiger partial charge in [0.15, 0.2) is 5.17 Å². The molecule has 0 aromatic heterocycles. The minimum Gasteiger partial charge on any atom is -0.359 e. The molecule has 3 rings (SSSR count). The second-order valence-electron chi connectivity index (χ2n) is 6.42. The number of amidine groups is 1. The van der Waals surface area contributed by atoms with Crippen molar-refractivity contribution < 1.29 is 4.39 Å². The molecule has 1 aromatic carbocycles. The summed E-state index contributed by atoms with van der Waals surface area (Å²) in [5.74, 6) is 1.82. The van der Waals surface area contributed by atoms with Crippen LogP contribution in [0.4, 0.5) is 4.39 Å². The van der Waals surface area contributed by atoms with E-state index in [2.05, 4.69) is 17.2 Å². The number of thioether (sulfide) groups is 1. The molecule has 1 saturated heterocycles. The highest BCUT2D eigenvalue weighted by molar-refractivity contribution is 8.14. The lowest BCUT2D eigenvalue weighted by Gasteiger charge is -2.36. The number of nitrogens with zero attached hydrogens (tertiary/aromatic N) is 1. The summed E-state index contributed by atoms with van der Waals surface area (Å²) in [5.41, 5.74) is 1.03. The van der Waals surface area contributed by atoms with Crippen LogP contribution in [0.15, 0.2) is 29.3 Å². The van der Waals surface area contributed by atoms with Crippen molar-refractivity contribution in [3.8, 4) is 0 Å². The highest BCUT2D eigenvalue weighted by Gasteiger charge is 2.40. The summed E-state index contributed by atoms with van der Waals surface area (Å²) in [5, 5.41) is 4.71. The molecule has 21 heavy (non-hydrogen) atoms. The molecular weight excluding hydrogens is 283 g/mol. The first-order chi connectivity index (χ1) is 10.2. The average molecular weight is 306 g/mol. The van der Waals surface area contributed by atoms with Crippen LogP contribution in [0.3, 0.4) is 0 Å².